The highest BCUT2D eigenvalue weighted by Crippen LogP contribution is 2.24. The van der Waals surface area contributed by atoms with E-state index in [1.165, 1.54) is 24.3 Å². The van der Waals surface area contributed by atoms with Gasteiger partial charge in [0.15, 0.2) is 10.7 Å². The van der Waals surface area contributed by atoms with Gasteiger partial charge < -0.3 is 0 Å². The van der Waals surface area contributed by atoms with Gasteiger partial charge in [-0.1, -0.05) is 42.0 Å². The Hall–Kier alpha value is -3.20. The van der Waals surface area contributed by atoms with Crippen LogP contribution in [0.2, 0.25) is 0 Å². The lowest BCUT2D eigenvalue weighted by atomic mass is 10.1. The number of aromatic nitrogens is 2. The van der Waals surface area contributed by atoms with Crippen molar-refractivity contribution in [1.29, 1.82) is 0 Å². The standard InChI is InChI=1S/C17H16N4O4S/c1-13-6-8-14(9-7-13)12-20-11-10-17(18-20)19-26(24,25)16-5-3-2-4-15(16)21(22)23/h2-11H,12H2,1H3,(H,18,19). The van der Waals surface area contributed by atoms with Crippen LogP contribution in [0.25, 0.3) is 0 Å². The summed E-state index contributed by atoms with van der Waals surface area (Å²) in [4.78, 5) is 9.91. The molecule has 0 spiro atoms. The van der Waals surface area contributed by atoms with Crippen LogP contribution in [0.15, 0.2) is 65.7 Å². The van der Waals surface area contributed by atoms with E-state index in [0.717, 1.165) is 17.2 Å². The zero-order chi connectivity index (χ0) is 18.7. The van der Waals surface area contributed by atoms with Crippen LogP contribution >= 0.6 is 0 Å². The second-order valence-electron chi connectivity index (χ2n) is 5.71. The average Bonchev–Trinajstić information content (AvgIpc) is 3.03. The maximum absolute atomic E-state index is 12.5. The predicted octanol–water partition coefficient (Wildman–Crippen LogP) is 2.95. The van der Waals surface area contributed by atoms with Crippen molar-refractivity contribution in [3.63, 3.8) is 0 Å². The lowest BCUT2D eigenvalue weighted by Crippen LogP contribution is -2.15. The largest absolute Gasteiger partial charge is 0.289 e. The number of benzene rings is 2. The summed E-state index contributed by atoms with van der Waals surface area (Å²) in [7, 11) is -4.12. The number of rotatable bonds is 6. The predicted molar refractivity (Wildman–Crippen MR) is 96.4 cm³/mol. The molecule has 8 nitrogen and oxygen atoms in total. The molecule has 0 atom stereocenters. The fourth-order valence-electron chi connectivity index (χ4n) is 2.41. The number of anilines is 1. The first kappa shape index (κ1) is 17.6. The normalized spacial score (nSPS) is 11.3. The van der Waals surface area contributed by atoms with E-state index in [2.05, 4.69) is 9.82 Å². The Morgan fingerprint density at radius 3 is 2.50 bits per heavy atom. The molecular weight excluding hydrogens is 356 g/mol. The van der Waals surface area contributed by atoms with Gasteiger partial charge in [-0.2, -0.15) is 5.10 Å². The molecule has 3 aromatic rings. The van der Waals surface area contributed by atoms with Crippen molar-refractivity contribution in [1.82, 2.24) is 9.78 Å². The zero-order valence-electron chi connectivity index (χ0n) is 13.9. The minimum absolute atomic E-state index is 0.0928. The van der Waals surface area contributed by atoms with Gasteiger partial charge in [0, 0.05) is 18.3 Å². The van der Waals surface area contributed by atoms with E-state index >= 15 is 0 Å². The number of para-hydroxylation sites is 1. The molecule has 1 N–H and O–H groups in total. The van der Waals surface area contributed by atoms with Gasteiger partial charge in [-0.3, -0.25) is 19.5 Å². The Labute approximate surface area is 150 Å². The van der Waals surface area contributed by atoms with Crippen LogP contribution in [-0.4, -0.2) is 23.1 Å². The van der Waals surface area contributed by atoms with Crippen molar-refractivity contribution in [2.75, 3.05) is 4.72 Å². The van der Waals surface area contributed by atoms with Crippen LogP contribution in [0.4, 0.5) is 11.5 Å². The van der Waals surface area contributed by atoms with Gasteiger partial charge in [-0.15, -0.1) is 0 Å². The monoisotopic (exact) mass is 372 g/mol. The molecular formula is C17H16N4O4S. The van der Waals surface area contributed by atoms with Crippen molar-refractivity contribution >= 4 is 21.5 Å². The first-order valence-electron chi connectivity index (χ1n) is 7.70. The first-order chi connectivity index (χ1) is 12.3. The lowest BCUT2D eigenvalue weighted by molar-refractivity contribution is -0.387. The number of sulfonamides is 1. The molecule has 0 unspecified atom stereocenters. The van der Waals surface area contributed by atoms with E-state index < -0.39 is 25.5 Å². The molecule has 0 aliphatic rings. The maximum Gasteiger partial charge on any atom is 0.289 e. The summed E-state index contributed by atoms with van der Waals surface area (Å²) in [5, 5.41) is 15.2. The number of hydrogen-bond donors (Lipinski definition) is 1. The first-order valence-corrected chi connectivity index (χ1v) is 9.19. The van der Waals surface area contributed by atoms with E-state index in [0.29, 0.717) is 6.54 Å². The molecule has 0 bridgehead atoms. The smallest absolute Gasteiger partial charge is 0.266 e. The lowest BCUT2D eigenvalue weighted by Gasteiger charge is -2.06. The summed E-state index contributed by atoms with van der Waals surface area (Å²) < 4.78 is 28.8. The zero-order valence-corrected chi connectivity index (χ0v) is 14.7. The second kappa shape index (κ2) is 6.96. The van der Waals surface area contributed by atoms with E-state index in [9.17, 15) is 18.5 Å². The molecule has 2 aromatic carbocycles. The summed E-state index contributed by atoms with van der Waals surface area (Å²) in [6.45, 7) is 2.47. The summed E-state index contributed by atoms with van der Waals surface area (Å²) in [6, 6.07) is 14.6. The van der Waals surface area contributed by atoms with Crippen LogP contribution in [-0.2, 0) is 16.6 Å². The van der Waals surface area contributed by atoms with Gasteiger partial charge in [-0.25, -0.2) is 8.42 Å². The minimum atomic E-state index is -4.12. The summed E-state index contributed by atoms with van der Waals surface area (Å²) in [5.41, 5.74) is 1.68. The molecule has 0 aliphatic heterocycles. The summed E-state index contributed by atoms with van der Waals surface area (Å²) in [5.74, 6) is 0.0928. The highest BCUT2D eigenvalue weighted by Gasteiger charge is 2.25. The van der Waals surface area contributed by atoms with E-state index in [1.54, 1.807) is 10.9 Å². The van der Waals surface area contributed by atoms with Crippen molar-refractivity contribution in [3.8, 4) is 0 Å². The molecule has 0 radical (unpaired) electrons. The maximum atomic E-state index is 12.5. The Morgan fingerprint density at radius 2 is 1.81 bits per heavy atom. The summed E-state index contributed by atoms with van der Waals surface area (Å²) >= 11 is 0. The van der Waals surface area contributed by atoms with Crippen LogP contribution in [0.3, 0.4) is 0 Å². The average molecular weight is 372 g/mol. The molecule has 0 saturated carbocycles. The number of nitro benzene ring substituents is 1. The number of aryl methyl sites for hydroxylation is 1. The van der Waals surface area contributed by atoms with Crippen LogP contribution in [0.1, 0.15) is 11.1 Å². The minimum Gasteiger partial charge on any atom is -0.266 e. The van der Waals surface area contributed by atoms with Crippen molar-refractivity contribution in [2.24, 2.45) is 0 Å². The van der Waals surface area contributed by atoms with Gasteiger partial charge in [0.05, 0.1) is 11.5 Å². The van der Waals surface area contributed by atoms with Crippen LogP contribution in [0.5, 0.6) is 0 Å². The molecule has 3 rings (SSSR count). The highest BCUT2D eigenvalue weighted by molar-refractivity contribution is 7.92. The molecule has 1 heterocycles. The third-order valence-corrected chi connectivity index (χ3v) is 5.10. The molecule has 1 aromatic heterocycles. The third-order valence-electron chi connectivity index (χ3n) is 3.70. The molecule has 0 amide bonds. The van der Waals surface area contributed by atoms with Gasteiger partial charge >= 0.3 is 0 Å². The Bertz CT molecular complexity index is 1040. The van der Waals surface area contributed by atoms with Gasteiger partial charge in [0.2, 0.25) is 0 Å². The van der Waals surface area contributed by atoms with Crippen LogP contribution < -0.4 is 4.72 Å². The van der Waals surface area contributed by atoms with Crippen LogP contribution in [0, 0.1) is 17.0 Å². The molecule has 9 heteroatoms. The number of nitrogens with zero attached hydrogens (tertiary/aromatic N) is 3. The Balaban J connectivity index is 1.80. The molecule has 26 heavy (non-hydrogen) atoms. The number of hydrogen-bond acceptors (Lipinski definition) is 5. The van der Waals surface area contributed by atoms with E-state index in [1.807, 2.05) is 31.2 Å². The van der Waals surface area contributed by atoms with E-state index in [4.69, 9.17) is 0 Å². The van der Waals surface area contributed by atoms with Crippen molar-refractivity contribution in [3.05, 3.63) is 82.0 Å². The third kappa shape index (κ3) is 3.89. The van der Waals surface area contributed by atoms with Crippen molar-refractivity contribution < 1.29 is 13.3 Å². The molecule has 0 aliphatic carbocycles. The Morgan fingerprint density at radius 1 is 1.12 bits per heavy atom. The fourth-order valence-corrected chi connectivity index (χ4v) is 3.58. The number of nitro groups is 1. The van der Waals surface area contributed by atoms with Gasteiger partial charge in [0.25, 0.3) is 15.7 Å². The SMILES string of the molecule is Cc1ccc(Cn2ccc(NS(=O)(=O)c3ccccc3[N+](=O)[O-])n2)cc1. The summed E-state index contributed by atoms with van der Waals surface area (Å²) in [6.07, 6.45) is 1.64. The highest BCUT2D eigenvalue weighted by atomic mass is 32.2. The Kier molecular flexibility index (Phi) is 4.72. The molecule has 0 saturated heterocycles. The quantitative estimate of drug-likeness (QED) is 0.529. The molecule has 134 valence electrons. The second-order valence-corrected chi connectivity index (χ2v) is 7.37. The molecule has 0 fully saturated rings. The van der Waals surface area contributed by atoms with Gasteiger partial charge in [-0.05, 0) is 18.6 Å². The topological polar surface area (TPSA) is 107 Å². The number of nitrogens with one attached hydrogen (secondary N) is 1. The fraction of sp³-hybridized carbons (Fsp3) is 0.118. The van der Waals surface area contributed by atoms with Crippen molar-refractivity contribution in [2.45, 2.75) is 18.4 Å². The van der Waals surface area contributed by atoms with E-state index in [-0.39, 0.29) is 5.82 Å². The van der Waals surface area contributed by atoms with Gasteiger partial charge in [0.1, 0.15) is 0 Å².